The van der Waals surface area contributed by atoms with E-state index in [1.807, 2.05) is 7.05 Å². The van der Waals surface area contributed by atoms with Crippen molar-refractivity contribution in [3.05, 3.63) is 34.3 Å². The van der Waals surface area contributed by atoms with Crippen molar-refractivity contribution in [2.45, 2.75) is 31.6 Å². The SMILES string of the molecule is CNCC(C[Si](C)(C)C)c1ccc(Br)cc1. The Bertz CT molecular complexity index is 316. The fraction of sp³-hybridized carbons (Fsp3) is 0.538. The minimum atomic E-state index is -1.01. The maximum Gasteiger partial charge on any atom is 0.0449 e. The van der Waals surface area contributed by atoms with Crippen LogP contribution in [0.15, 0.2) is 28.7 Å². The van der Waals surface area contributed by atoms with Gasteiger partial charge >= 0.3 is 0 Å². The molecule has 90 valence electrons. The lowest BCUT2D eigenvalue weighted by molar-refractivity contribution is 0.670. The second kappa shape index (κ2) is 5.99. The Morgan fingerprint density at radius 3 is 2.19 bits per heavy atom. The number of halogens is 1. The lowest BCUT2D eigenvalue weighted by Gasteiger charge is -2.25. The van der Waals surface area contributed by atoms with E-state index in [4.69, 9.17) is 0 Å². The third kappa shape index (κ3) is 4.81. The summed E-state index contributed by atoms with van der Waals surface area (Å²) in [5, 5.41) is 3.31. The number of hydrogen-bond donors (Lipinski definition) is 1. The Balaban J connectivity index is 2.80. The molecule has 0 spiro atoms. The molecule has 1 aromatic carbocycles. The highest BCUT2D eigenvalue weighted by atomic mass is 79.9. The van der Waals surface area contributed by atoms with Gasteiger partial charge in [0.15, 0.2) is 0 Å². The Hall–Kier alpha value is -0.123. The average molecular weight is 300 g/mol. The Kier molecular flexibility index (Phi) is 5.22. The first-order valence-electron chi connectivity index (χ1n) is 5.82. The van der Waals surface area contributed by atoms with Crippen LogP contribution in [0.1, 0.15) is 11.5 Å². The minimum absolute atomic E-state index is 0.657. The second-order valence-electron chi connectivity index (χ2n) is 5.57. The van der Waals surface area contributed by atoms with Crippen LogP contribution in [-0.2, 0) is 0 Å². The molecule has 1 unspecified atom stereocenters. The predicted octanol–water partition coefficient (Wildman–Crippen LogP) is 4.09. The summed E-state index contributed by atoms with van der Waals surface area (Å²) >= 11 is 3.49. The fourth-order valence-corrected chi connectivity index (χ4v) is 4.15. The molecule has 0 bridgehead atoms. The maximum absolute atomic E-state index is 3.49. The lowest BCUT2D eigenvalue weighted by Crippen LogP contribution is -2.27. The Morgan fingerprint density at radius 2 is 1.75 bits per heavy atom. The van der Waals surface area contributed by atoms with Gasteiger partial charge in [-0.05, 0) is 36.7 Å². The first-order chi connectivity index (χ1) is 7.42. The molecule has 16 heavy (non-hydrogen) atoms. The molecule has 1 N–H and O–H groups in total. The van der Waals surface area contributed by atoms with Gasteiger partial charge in [0.2, 0.25) is 0 Å². The van der Waals surface area contributed by atoms with E-state index in [1.54, 1.807) is 0 Å². The Labute approximate surface area is 109 Å². The van der Waals surface area contributed by atoms with Gasteiger partial charge < -0.3 is 5.32 Å². The number of hydrogen-bond acceptors (Lipinski definition) is 1. The van der Waals surface area contributed by atoms with Gasteiger partial charge in [-0.2, -0.15) is 0 Å². The molecule has 0 aliphatic heterocycles. The molecule has 1 rings (SSSR count). The molecule has 0 aliphatic carbocycles. The van der Waals surface area contributed by atoms with Crippen molar-refractivity contribution in [3.63, 3.8) is 0 Å². The van der Waals surface area contributed by atoms with Gasteiger partial charge in [0.25, 0.3) is 0 Å². The van der Waals surface area contributed by atoms with E-state index in [9.17, 15) is 0 Å². The van der Waals surface area contributed by atoms with Crippen LogP contribution in [0.25, 0.3) is 0 Å². The number of rotatable bonds is 5. The summed E-state index contributed by atoms with van der Waals surface area (Å²) in [6, 6.07) is 10.1. The lowest BCUT2D eigenvalue weighted by atomic mass is 10.0. The van der Waals surface area contributed by atoms with Crippen LogP contribution in [-0.4, -0.2) is 21.7 Å². The molecule has 0 saturated heterocycles. The van der Waals surface area contributed by atoms with Gasteiger partial charge in [-0.25, -0.2) is 0 Å². The van der Waals surface area contributed by atoms with Crippen molar-refractivity contribution in [2.24, 2.45) is 0 Å². The van der Waals surface area contributed by atoms with Crippen molar-refractivity contribution < 1.29 is 0 Å². The van der Waals surface area contributed by atoms with Crippen molar-refractivity contribution in [2.75, 3.05) is 13.6 Å². The summed E-state index contributed by atoms with van der Waals surface area (Å²) in [7, 11) is 1.03. The van der Waals surface area contributed by atoms with E-state index >= 15 is 0 Å². The predicted molar refractivity (Wildman–Crippen MR) is 79.0 cm³/mol. The molecule has 0 heterocycles. The van der Waals surface area contributed by atoms with Gasteiger partial charge in [-0.15, -0.1) is 0 Å². The minimum Gasteiger partial charge on any atom is -0.319 e. The monoisotopic (exact) mass is 299 g/mol. The molecule has 3 heteroatoms. The highest BCUT2D eigenvalue weighted by molar-refractivity contribution is 9.10. The van der Waals surface area contributed by atoms with Crippen molar-refractivity contribution in [3.8, 4) is 0 Å². The van der Waals surface area contributed by atoms with Gasteiger partial charge in [0.1, 0.15) is 0 Å². The van der Waals surface area contributed by atoms with E-state index in [2.05, 4.69) is 65.2 Å². The largest absolute Gasteiger partial charge is 0.319 e. The summed E-state index contributed by atoms with van der Waals surface area (Å²) in [5.74, 6) is 0.657. The molecule has 0 saturated carbocycles. The number of benzene rings is 1. The Morgan fingerprint density at radius 1 is 1.19 bits per heavy atom. The van der Waals surface area contributed by atoms with E-state index in [1.165, 1.54) is 11.6 Å². The average Bonchev–Trinajstić information content (AvgIpc) is 2.16. The number of nitrogens with one attached hydrogen (secondary N) is 1. The van der Waals surface area contributed by atoms with Crippen molar-refractivity contribution in [1.29, 1.82) is 0 Å². The first kappa shape index (κ1) is 13.9. The summed E-state index contributed by atoms with van der Waals surface area (Å²) in [4.78, 5) is 0. The summed E-state index contributed by atoms with van der Waals surface area (Å²) in [5.41, 5.74) is 1.46. The van der Waals surface area contributed by atoms with E-state index in [0.29, 0.717) is 5.92 Å². The molecule has 0 aliphatic rings. The smallest absolute Gasteiger partial charge is 0.0449 e. The van der Waals surface area contributed by atoms with Crippen LogP contribution in [0.2, 0.25) is 25.7 Å². The van der Waals surface area contributed by atoms with Gasteiger partial charge in [0, 0.05) is 19.1 Å². The van der Waals surface area contributed by atoms with Crippen LogP contribution in [0, 0.1) is 0 Å². The van der Waals surface area contributed by atoms with Crippen molar-refractivity contribution >= 4 is 24.0 Å². The van der Waals surface area contributed by atoms with Crippen LogP contribution in [0.4, 0.5) is 0 Å². The molecule has 0 fully saturated rings. The molecule has 0 amide bonds. The third-order valence-electron chi connectivity index (χ3n) is 2.65. The highest BCUT2D eigenvalue weighted by Crippen LogP contribution is 2.27. The number of likely N-dealkylation sites (N-methyl/N-ethyl adjacent to an activating group) is 1. The quantitative estimate of drug-likeness (QED) is 0.808. The molecular weight excluding hydrogens is 278 g/mol. The first-order valence-corrected chi connectivity index (χ1v) is 10.3. The van der Waals surface area contributed by atoms with Crippen molar-refractivity contribution in [1.82, 2.24) is 5.32 Å². The second-order valence-corrected chi connectivity index (χ2v) is 12.0. The zero-order chi connectivity index (χ0) is 12.2. The molecule has 1 atom stereocenters. The van der Waals surface area contributed by atoms with E-state index < -0.39 is 8.07 Å². The topological polar surface area (TPSA) is 12.0 Å². The van der Waals surface area contributed by atoms with E-state index in [-0.39, 0.29) is 0 Å². The summed E-state index contributed by atoms with van der Waals surface area (Å²) < 4.78 is 1.16. The standard InChI is InChI=1S/C13H22BrNSi/c1-15-9-12(10-16(2,3)4)11-5-7-13(14)8-6-11/h5-8,12,15H,9-10H2,1-4H3. The molecule has 0 radical (unpaired) electrons. The molecule has 1 nitrogen and oxygen atoms in total. The molecular formula is C13H22BrNSi. The zero-order valence-electron chi connectivity index (χ0n) is 10.7. The molecule has 0 aromatic heterocycles. The van der Waals surface area contributed by atoms with Gasteiger partial charge in [0.05, 0.1) is 0 Å². The molecule has 1 aromatic rings. The van der Waals surface area contributed by atoms with Crippen LogP contribution in [0.3, 0.4) is 0 Å². The van der Waals surface area contributed by atoms with Crippen LogP contribution in [0.5, 0.6) is 0 Å². The third-order valence-corrected chi connectivity index (χ3v) is 4.90. The van der Waals surface area contributed by atoms with Crippen LogP contribution >= 0.6 is 15.9 Å². The normalized spacial score (nSPS) is 13.8. The maximum atomic E-state index is 3.49. The van der Waals surface area contributed by atoms with E-state index in [0.717, 1.165) is 11.0 Å². The van der Waals surface area contributed by atoms with Gasteiger partial charge in [-0.1, -0.05) is 47.7 Å². The summed E-state index contributed by atoms with van der Waals surface area (Å²) in [6.07, 6.45) is 0. The van der Waals surface area contributed by atoms with Crippen LogP contribution < -0.4 is 5.32 Å². The van der Waals surface area contributed by atoms with Gasteiger partial charge in [-0.3, -0.25) is 0 Å². The summed E-state index contributed by atoms with van der Waals surface area (Å²) in [6.45, 7) is 8.39. The fourth-order valence-electron chi connectivity index (χ4n) is 2.03. The zero-order valence-corrected chi connectivity index (χ0v) is 13.3. The highest BCUT2D eigenvalue weighted by Gasteiger charge is 2.21.